The molecule has 2 aromatic heterocycles. The number of esters is 2. The Bertz CT molecular complexity index is 2310. The number of nitrogens with zero attached hydrogens (tertiary/aromatic N) is 2. The van der Waals surface area contributed by atoms with Crippen molar-refractivity contribution in [2.24, 2.45) is 28.4 Å². The van der Waals surface area contributed by atoms with Crippen LogP contribution in [0, 0.1) is 22.7 Å². The van der Waals surface area contributed by atoms with E-state index in [0.717, 1.165) is 97.3 Å². The van der Waals surface area contributed by atoms with Gasteiger partial charge in [-0.25, -0.2) is 9.97 Å². The van der Waals surface area contributed by atoms with Gasteiger partial charge in [-0.1, -0.05) is 104 Å². The first-order valence-corrected chi connectivity index (χ1v) is 23.9. The number of aromatic nitrogens is 4. The molecule has 2 aliphatic carbocycles. The van der Waals surface area contributed by atoms with Crippen LogP contribution in [-0.2, 0) is 44.5 Å². The van der Waals surface area contributed by atoms with Crippen molar-refractivity contribution in [2.45, 2.75) is 155 Å². The molecule has 0 spiro atoms. The molecule has 3 atom stereocenters. The van der Waals surface area contributed by atoms with E-state index in [4.69, 9.17) is 29.7 Å². The molecule has 14 nitrogen and oxygen atoms in total. The number of H-pyrrole nitrogens is 2. The number of rotatable bonds is 14. The van der Waals surface area contributed by atoms with Gasteiger partial charge in [-0.15, -0.1) is 0 Å². The number of carbonyl (C=O) groups is 4. The zero-order valence-electron chi connectivity index (χ0n) is 40.1. The van der Waals surface area contributed by atoms with Crippen molar-refractivity contribution in [3.63, 3.8) is 0 Å². The molecule has 6 heterocycles. The van der Waals surface area contributed by atoms with E-state index in [9.17, 15) is 19.2 Å². The Hall–Kier alpha value is -5.34. The third-order valence-electron chi connectivity index (χ3n) is 13.8. The summed E-state index contributed by atoms with van der Waals surface area (Å²) in [6.07, 6.45) is 12.7. The Balaban J connectivity index is 0.000000319. The smallest absolute Gasteiger partial charge is 0.305 e. The van der Waals surface area contributed by atoms with Crippen molar-refractivity contribution in [2.75, 3.05) is 13.2 Å². The number of amides is 2. The molecule has 4 bridgehead atoms. The molecular formula is C52H70N6O8. The van der Waals surface area contributed by atoms with Gasteiger partial charge < -0.3 is 40.0 Å². The Morgan fingerprint density at radius 3 is 1.55 bits per heavy atom. The number of hydrogen-bond acceptors (Lipinski definition) is 10. The molecule has 0 radical (unpaired) electrons. The van der Waals surface area contributed by atoms with Crippen LogP contribution in [0.2, 0.25) is 0 Å². The lowest BCUT2D eigenvalue weighted by atomic mass is 9.71. The zero-order chi connectivity index (χ0) is 47.4. The summed E-state index contributed by atoms with van der Waals surface area (Å²) in [7, 11) is 0. The van der Waals surface area contributed by atoms with E-state index in [1.165, 1.54) is 0 Å². The quantitative estimate of drug-likeness (QED) is 0.0886. The molecule has 6 aliphatic rings. The average Bonchev–Trinajstić information content (AvgIpc) is 3.99. The minimum absolute atomic E-state index is 0.00132. The summed E-state index contributed by atoms with van der Waals surface area (Å²) in [5, 5.41) is 3.28. The van der Waals surface area contributed by atoms with Crippen LogP contribution in [0.5, 0.6) is 0 Å². The van der Waals surface area contributed by atoms with Crippen LogP contribution in [0.25, 0.3) is 33.6 Å². The number of nitrogens with one attached hydrogen (secondary N) is 3. The van der Waals surface area contributed by atoms with Gasteiger partial charge in [-0.3, -0.25) is 19.2 Å². The van der Waals surface area contributed by atoms with Crippen molar-refractivity contribution in [3.05, 3.63) is 72.6 Å². The second-order valence-corrected chi connectivity index (χ2v) is 20.9. The van der Waals surface area contributed by atoms with Gasteiger partial charge in [-0.05, 0) is 84.5 Å². The summed E-state index contributed by atoms with van der Waals surface area (Å²) < 4.78 is 22.9. The number of fused-ring (bicyclic) bond motifs is 6. The SMILES string of the molecule is CCC(=O)OCC1(C(=O)NC(c2ncc(-c3ccc(-c4ccc(-c5cnc(CC(C)(C)C)[nH]5)cc4)cc3)[nH]2)C(C)(C)C)OC2CCC1CC2.CCC(=O)OCC1(C(N)=O)OC2CCC1CC2. The number of ether oxygens (including phenoxy) is 4. The third-order valence-corrected chi connectivity index (χ3v) is 13.8. The molecule has 3 unspecified atom stereocenters. The molecule has 14 heteroatoms. The van der Waals surface area contributed by atoms with Crippen molar-refractivity contribution < 1.29 is 38.1 Å². The van der Waals surface area contributed by atoms with E-state index < -0.39 is 23.2 Å². The number of imidazole rings is 2. The van der Waals surface area contributed by atoms with Crippen LogP contribution in [-0.4, -0.2) is 80.3 Å². The summed E-state index contributed by atoms with van der Waals surface area (Å²) in [6.45, 7) is 16.2. The lowest BCUT2D eigenvalue weighted by Crippen LogP contribution is -2.64. The highest BCUT2D eigenvalue weighted by molar-refractivity contribution is 5.87. The number of carbonyl (C=O) groups excluding carboxylic acids is 4. The molecule has 6 fully saturated rings. The molecule has 66 heavy (non-hydrogen) atoms. The summed E-state index contributed by atoms with van der Waals surface area (Å²) in [5.41, 5.74) is 9.24. The van der Waals surface area contributed by atoms with Gasteiger partial charge in [0.25, 0.3) is 11.8 Å². The maximum atomic E-state index is 14.2. The Labute approximate surface area is 389 Å². The third kappa shape index (κ3) is 10.9. The molecular weight excluding hydrogens is 837 g/mol. The van der Waals surface area contributed by atoms with Crippen molar-refractivity contribution in [3.8, 4) is 33.6 Å². The monoisotopic (exact) mass is 907 g/mol. The first-order valence-electron chi connectivity index (χ1n) is 23.9. The van der Waals surface area contributed by atoms with E-state index >= 15 is 0 Å². The predicted octanol–water partition coefficient (Wildman–Crippen LogP) is 8.96. The topological polar surface area (TPSA) is 201 Å². The van der Waals surface area contributed by atoms with Gasteiger partial charge >= 0.3 is 11.9 Å². The normalized spacial score (nSPS) is 25.0. The highest BCUT2D eigenvalue weighted by Gasteiger charge is 2.56. The van der Waals surface area contributed by atoms with Crippen LogP contribution >= 0.6 is 0 Å². The molecule has 2 amide bonds. The van der Waals surface area contributed by atoms with Gasteiger partial charge in [0.1, 0.15) is 24.9 Å². The van der Waals surface area contributed by atoms with Gasteiger partial charge in [0.05, 0.1) is 42.0 Å². The summed E-state index contributed by atoms with van der Waals surface area (Å²) >= 11 is 0. The van der Waals surface area contributed by atoms with Gasteiger partial charge in [0.2, 0.25) is 0 Å². The second-order valence-electron chi connectivity index (χ2n) is 20.9. The molecule has 4 aliphatic heterocycles. The second kappa shape index (κ2) is 19.9. The van der Waals surface area contributed by atoms with E-state index in [1.807, 2.05) is 12.4 Å². The van der Waals surface area contributed by atoms with E-state index in [2.05, 4.69) is 110 Å². The fourth-order valence-electron chi connectivity index (χ4n) is 9.96. The van der Waals surface area contributed by atoms with Crippen molar-refractivity contribution >= 4 is 23.8 Å². The Morgan fingerprint density at radius 2 is 1.12 bits per heavy atom. The van der Waals surface area contributed by atoms with Crippen LogP contribution in [0.1, 0.15) is 137 Å². The number of aromatic amines is 2. The fourth-order valence-corrected chi connectivity index (χ4v) is 9.96. The number of hydrogen-bond donors (Lipinski definition) is 4. The standard InChI is InChI=1S/C40H51N5O4.C12H19NO4/c1-8-34(46)48-24-40(29-17-19-30(49-40)20-18-29)37(47)45-35(39(5,6)7)36-42-23-32(44-36)28-15-11-26(12-16-28)25-9-13-27(14-10-25)31-22-41-33(43-31)21-38(2,3)4;1-2-10(14)16-7-12(11(13)15)8-3-5-9(17-12)6-4-8/h9-16,22-23,29-30,35H,8,17-21,24H2,1-7H3,(H,41,43)(H,42,44)(H,45,47);8-9H,2-7H2,1H3,(H2,13,15). The lowest BCUT2D eigenvalue weighted by Gasteiger charge is -2.50. The Morgan fingerprint density at radius 1 is 0.682 bits per heavy atom. The van der Waals surface area contributed by atoms with Crippen molar-refractivity contribution in [1.82, 2.24) is 25.3 Å². The fraction of sp³-hybridized carbons (Fsp3) is 0.577. The van der Waals surface area contributed by atoms with Crippen LogP contribution in [0.4, 0.5) is 0 Å². The predicted molar refractivity (Wildman–Crippen MR) is 251 cm³/mol. The number of nitrogens with two attached hydrogens (primary N) is 1. The molecule has 4 aromatic rings. The molecule has 356 valence electrons. The Kier molecular flexibility index (Phi) is 14.6. The largest absolute Gasteiger partial charge is 0.462 e. The van der Waals surface area contributed by atoms with Gasteiger partial charge in [-0.2, -0.15) is 0 Å². The summed E-state index contributed by atoms with van der Waals surface area (Å²) in [6, 6.07) is 16.5. The lowest BCUT2D eigenvalue weighted by molar-refractivity contribution is -0.220. The molecule has 2 saturated carbocycles. The van der Waals surface area contributed by atoms with E-state index in [-0.39, 0.29) is 72.4 Å². The first kappa shape index (κ1) is 48.6. The zero-order valence-corrected chi connectivity index (χ0v) is 40.1. The number of primary amides is 1. The van der Waals surface area contributed by atoms with Crippen LogP contribution < -0.4 is 11.1 Å². The highest BCUT2D eigenvalue weighted by Crippen LogP contribution is 2.46. The average molecular weight is 907 g/mol. The highest BCUT2D eigenvalue weighted by atomic mass is 16.6. The van der Waals surface area contributed by atoms with Crippen LogP contribution in [0.15, 0.2) is 60.9 Å². The molecule has 10 rings (SSSR count). The van der Waals surface area contributed by atoms with Crippen molar-refractivity contribution in [1.29, 1.82) is 0 Å². The van der Waals surface area contributed by atoms with E-state index in [0.29, 0.717) is 12.2 Å². The van der Waals surface area contributed by atoms with E-state index in [1.54, 1.807) is 13.8 Å². The maximum absolute atomic E-state index is 14.2. The summed E-state index contributed by atoms with van der Waals surface area (Å²) in [4.78, 5) is 65.5. The minimum atomic E-state index is -1.19. The maximum Gasteiger partial charge on any atom is 0.305 e. The summed E-state index contributed by atoms with van der Waals surface area (Å²) in [5.74, 6) is 0.368. The van der Waals surface area contributed by atoms with Gasteiger partial charge in [0, 0.05) is 31.1 Å². The van der Waals surface area contributed by atoms with Gasteiger partial charge in [0.15, 0.2) is 11.2 Å². The first-order chi connectivity index (χ1) is 31.3. The molecule has 5 N–H and O–H groups in total. The molecule has 4 saturated heterocycles. The van der Waals surface area contributed by atoms with Crippen LogP contribution in [0.3, 0.4) is 0 Å². The number of benzene rings is 2. The molecule has 2 aromatic carbocycles. The minimum Gasteiger partial charge on any atom is -0.462 e.